The molecule has 0 radical (unpaired) electrons. The Hall–Kier alpha value is -1.75. The van der Waals surface area contributed by atoms with Crippen molar-refractivity contribution in [1.82, 2.24) is 0 Å². The second kappa shape index (κ2) is 8.38. The molecule has 0 spiro atoms. The first-order valence-corrected chi connectivity index (χ1v) is 8.33. The van der Waals surface area contributed by atoms with E-state index < -0.39 is 6.36 Å². The zero-order valence-electron chi connectivity index (χ0n) is 13.8. The van der Waals surface area contributed by atoms with Crippen molar-refractivity contribution in [1.29, 1.82) is 0 Å². The van der Waals surface area contributed by atoms with E-state index in [1.165, 1.54) is 0 Å². The molecule has 3 rings (SSSR count). The summed E-state index contributed by atoms with van der Waals surface area (Å²) in [6.07, 6.45) is -2.08. The monoisotopic (exact) mass is 330 g/mol. The number of ether oxygens (including phenoxy) is 3. The minimum absolute atomic E-state index is 0.191. The summed E-state index contributed by atoms with van der Waals surface area (Å²) in [5.41, 5.74) is 2.14. The minimum Gasteiger partial charge on any atom is -0.371 e. The van der Waals surface area contributed by atoms with Crippen LogP contribution in [0.1, 0.15) is 24.5 Å². The van der Waals surface area contributed by atoms with Gasteiger partial charge in [-0.2, -0.15) is 0 Å². The number of benzene rings is 2. The van der Waals surface area contributed by atoms with E-state index in [0.29, 0.717) is 13.2 Å². The van der Waals surface area contributed by atoms with Gasteiger partial charge in [-0.15, -0.1) is 0 Å². The molecule has 24 heavy (non-hydrogen) atoms. The Morgan fingerprint density at radius 1 is 0.917 bits per heavy atom. The van der Waals surface area contributed by atoms with Gasteiger partial charge < -0.3 is 14.2 Å². The lowest BCUT2D eigenvalue weighted by Crippen LogP contribution is -2.48. The molecular formula is C20H23FO3. The summed E-state index contributed by atoms with van der Waals surface area (Å²) in [6, 6.07) is 19.8. The normalized spacial score (nSPS) is 27.1. The Balaban J connectivity index is 1.61. The third-order valence-corrected chi connectivity index (χ3v) is 4.20. The van der Waals surface area contributed by atoms with E-state index in [9.17, 15) is 4.39 Å². The molecule has 2 aromatic carbocycles. The van der Waals surface area contributed by atoms with Crippen LogP contribution in [-0.4, -0.2) is 24.7 Å². The number of alkyl halides is 1. The molecule has 0 aromatic heterocycles. The zero-order chi connectivity index (χ0) is 16.8. The van der Waals surface area contributed by atoms with Gasteiger partial charge in [0.1, 0.15) is 6.10 Å². The highest BCUT2D eigenvalue weighted by Gasteiger charge is 2.38. The van der Waals surface area contributed by atoms with Gasteiger partial charge in [0.25, 0.3) is 0 Å². The van der Waals surface area contributed by atoms with E-state index in [0.717, 1.165) is 11.1 Å². The molecule has 1 aliphatic rings. The van der Waals surface area contributed by atoms with E-state index in [-0.39, 0.29) is 24.7 Å². The molecule has 1 fully saturated rings. The van der Waals surface area contributed by atoms with Crippen molar-refractivity contribution in [2.45, 2.75) is 51.2 Å². The van der Waals surface area contributed by atoms with Gasteiger partial charge in [-0.05, 0) is 18.1 Å². The molecule has 1 saturated heterocycles. The van der Waals surface area contributed by atoms with Crippen LogP contribution in [0.3, 0.4) is 0 Å². The van der Waals surface area contributed by atoms with Crippen LogP contribution in [0, 0.1) is 0 Å². The second-order valence-electron chi connectivity index (χ2n) is 6.08. The molecule has 0 bridgehead atoms. The summed E-state index contributed by atoms with van der Waals surface area (Å²) < 4.78 is 31.1. The van der Waals surface area contributed by atoms with Crippen molar-refractivity contribution in [3.63, 3.8) is 0 Å². The van der Waals surface area contributed by atoms with Gasteiger partial charge in [-0.3, -0.25) is 0 Å². The van der Waals surface area contributed by atoms with Gasteiger partial charge in [0.05, 0.1) is 25.4 Å². The van der Waals surface area contributed by atoms with E-state index in [4.69, 9.17) is 14.2 Å². The molecule has 2 aromatic rings. The third kappa shape index (κ3) is 4.63. The van der Waals surface area contributed by atoms with Gasteiger partial charge in [0.2, 0.25) is 6.36 Å². The van der Waals surface area contributed by atoms with Crippen molar-refractivity contribution in [2.24, 2.45) is 0 Å². The predicted octanol–water partition coefficient (Wildman–Crippen LogP) is 4.26. The van der Waals surface area contributed by atoms with Crippen LogP contribution >= 0.6 is 0 Å². The van der Waals surface area contributed by atoms with Crippen molar-refractivity contribution in [3.8, 4) is 0 Å². The molecule has 1 aliphatic heterocycles. The van der Waals surface area contributed by atoms with Crippen LogP contribution in [0.2, 0.25) is 0 Å². The van der Waals surface area contributed by atoms with Gasteiger partial charge in [-0.25, -0.2) is 4.39 Å². The van der Waals surface area contributed by atoms with E-state index >= 15 is 0 Å². The van der Waals surface area contributed by atoms with Crippen molar-refractivity contribution in [2.75, 3.05) is 0 Å². The topological polar surface area (TPSA) is 27.7 Å². The molecular weight excluding hydrogens is 307 g/mol. The summed E-state index contributed by atoms with van der Waals surface area (Å²) in [5.74, 6) is 0. The minimum atomic E-state index is -1.31. The molecule has 0 N–H and O–H groups in total. The molecule has 0 amide bonds. The lowest BCUT2D eigenvalue weighted by Gasteiger charge is -2.37. The summed E-state index contributed by atoms with van der Waals surface area (Å²) >= 11 is 0. The second-order valence-corrected chi connectivity index (χ2v) is 6.08. The fourth-order valence-corrected chi connectivity index (χ4v) is 2.93. The van der Waals surface area contributed by atoms with Crippen LogP contribution in [0.4, 0.5) is 4.39 Å². The molecule has 128 valence electrons. The number of halogens is 1. The van der Waals surface area contributed by atoms with Crippen LogP contribution in [-0.2, 0) is 27.4 Å². The highest BCUT2D eigenvalue weighted by Crippen LogP contribution is 2.27. The van der Waals surface area contributed by atoms with Gasteiger partial charge in [-0.1, -0.05) is 60.7 Å². The lowest BCUT2D eigenvalue weighted by atomic mass is 10.0. The quantitative estimate of drug-likeness (QED) is 0.792. The van der Waals surface area contributed by atoms with Crippen LogP contribution in [0.15, 0.2) is 60.7 Å². The maximum atomic E-state index is 13.8. The molecule has 3 nitrogen and oxygen atoms in total. The smallest absolute Gasteiger partial charge is 0.201 e. The SMILES string of the molecule is C[C@H]1O[C@@H](F)C[C@H](OCc2ccccc2)[C@@H]1OCc1ccccc1. The molecule has 4 heteroatoms. The highest BCUT2D eigenvalue weighted by molar-refractivity contribution is 5.14. The van der Waals surface area contributed by atoms with Gasteiger partial charge >= 0.3 is 0 Å². The number of rotatable bonds is 6. The number of hydrogen-bond donors (Lipinski definition) is 0. The van der Waals surface area contributed by atoms with Crippen molar-refractivity contribution in [3.05, 3.63) is 71.8 Å². The van der Waals surface area contributed by atoms with Crippen LogP contribution < -0.4 is 0 Å². The molecule has 0 saturated carbocycles. The summed E-state index contributed by atoms with van der Waals surface area (Å²) in [6.45, 7) is 2.73. The molecule has 0 unspecified atom stereocenters. The Morgan fingerprint density at radius 2 is 1.46 bits per heavy atom. The fourth-order valence-electron chi connectivity index (χ4n) is 2.93. The summed E-state index contributed by atoms with van der Waals surface area (Å²) in [7, 11) is 0. The number of hydrogen-bond acceptors (Lipinski definition) is 3. The fraction of sp³-hybridized carbons (Fsp3) is 0.400. The Kier molecular flexibility index (Phi) is 5.96. The predicted molar refractivity (Wildman–Crippen MR) is 90.1 cm³/mol. The lowest BCUT2D eigenvalue weighted by molar-refractivity contribution is -0.229. The average Bonchev–Trinajstić information content (AvgIpc) is 2.61. The Bertz CT molecular complexity index is 605. The van der Waals surface area contributed by atoms with E-state index in [2.05, 4.69) is 0 Å². The molecule has 4 atom stereocenters. The summed E-state index contributed by atoms with van der Waals surface area (Å²) in [5, 5.41) is 0. The van der Waals surface area contributed by atoms with Gasteiger partial charge in [0.15, 0.2) is 0 Å². The molecule has 1 heterocycles. The maximum Gasteiger partial charge on any atom is 0.201 e. The first kappa shape index (κ1) is 17.1. The Labute approximate surface area is 142 Å². The maximum absolute atomic E-state index is 13.8. The highest BCUT2D eigenvalue weighted by atomic mass is 19.1. The zero-order valence-corrected chi connectivity index (χ0v) is 13.8. The summed E-state index contributed by atoms with van der Waals surface area (Å²) in [4.78, 5) is 0. The van der Waals surface area contributed by atoms with Crippen molar-refractivity contribution < 1.29 is 18.6 Å². The van der Waals surface area contributed by atoms with Crippen LogP contribution in [0.5, 0.6) is 0 Å². The van der Waals surface area contributed by atoms with Crippen molar-refractivity contribution >= 4 is 0 Å². The third-order valence-electron chi connectivity index (χ3n) is 4.20. The Morgan fingerprint density at radius 3 is 2.04 bits per heavy atom. The standard InChI is InChI=1S/C20H23FO3/c1-15-20(23-14-17-10-6-3-7-11-17)18(12-19(21)24-15)22-13-16-8-4-2-5-9-16/h2-11,15,18-20H,12-14H2,1H3/t15-,18+,19-,20-/m1/s1. The first-order chi connectivity index (χ1) is 11.7. The molecule has 0 aliphatic carbocycles. The van der Waals surface area contributed by atoms with Gasteiger partial charge in [0, 0.05) is 6.42 Å². The van der Waals surface area contributed by atoms with E-state index in [1.807, 2.05) is 67.6 Å². The van der Waals surface area contributed by atoms with Crippen LogP contribution in [0.25, 0.3) is 0 Å². The first-order valence-electron chi connectivity index (χ1n) is 8.33. The average molecular weight is 330 g/mol. The largest absolute Gasteiger partial charge is 0.371 e. The van der Waals surface area contributed by atoms with E-state index in [1.54, 1.807) is 0 Å².